The van der Waals surface area contributed by atoms with Crippen LogP contribution in [0.4, 0.5) is 5.82 Å². The number of anilines is 1. The SMILES string of the molecule is Cc1nnc(Nn2cccc2)c(C#N)c1C. The Morgan fingerprint density at radius 1 is 1.25 bits per heavy atom. The fourth-order valence-corrected chi connectivity index (χ4v) is 1.35. The van der Waals surface area contributed by atoms with E-state index in [0.29, 0.717) is 11.4 Å². The minimum Gasteiger partial charge on any atom is -0.275 e. The molecule has 0 aliphatic carbocycles. The average Bonchev–Trinajstić information content (AvgIpc) is 2.77. The van der Waals surface area contributed by atoms with Crippen LogP contribution in [0.1, 0.15) is 16.8 Å². The predicted molar refractivity (Wildman–Crippen MR) is 59.7 cm³/mol. The Balaban J connectivity index is 2.42. The van der Waals surface area contributed by atoms with E-state index >= 15 is 0 Å². The molecule has 2 heterocycles. The molecule has 0 fully saturated rings. The van der Waals surface area contributed by atoms with Crippen LogP contribution in [0.2, 0.25) is 0 Å². The van der Waals surface area contributed by atoms with Gasteiger partial charge in [-0.1, -0.05) is 0 Å². The fraction of sp³-hybridized carbons (Fsp3) is 0.182. The number of nitriles is 1. The smallest absolute Gasteiger partial charge is 0.185 e. The van der Waals surface area contributed by atoms with Crippen LogP contribution in [0.15, 0.2) is 24.5 Å². The largest absolute Gasteiger partial charge is 0.275 e. The summed E-state index contributed by atoms with van der Waals surface area (Å²) in [4.78, 5) is 0. The molecule has 5 heteroatoms. The third-order valence-corrected chi connectivity index (χ3v) is 2.41. The molecular weight excluding hydrogens is 202 g/mol. The second kappa shape index (κ2) is 4.03. The molecule has 2 rings (SSSR count). The first-order valence-corrected chi connectivity index (χ1v) is 4.86. The summed E-state index contributed by atoms with van der Waals surface area (Å²) in [5, 5.41) is 17.1. The molecule has 0 saturated heterocycles. The molecule has 16 heavy (non-hydrogen) atoms. The minimum atomic E-state index is 0.474. The second-order valence-electron chi connectivity index (χ2n) is 3.45. The van der Waals surface area contributed by atoms with Crippen molar-refractivity contribution in [2.45, 2.75) is 13.8 Å². The Kier molecular flexibility index (Phi) is 2.56. The fourth-order valence-electron chi connectivity index (χ4n) is 1.35. The zero-order valence-electron chi connectivity index (χ0n) is 9.10. The lowest BCUT2D eigenvalue weighted by Gasteiger charge is -2.09. The Labute approximate surface area is 93.3 Å². The standard InChI is InChI=1S/C11H11N5/c1-8-9(2)13-14-11(10(8)7-12)15-16-5-3-4-6-16/h3-6H,1-2H3,(H,14,15). The van der Waals surface area contributed by atoms with Crippen LogP contribution in [0, 0.1) is 25.2 Å². The van der Waals surface area contributed by atoms with E-state index in [9.17, 15) is 0 Å². The lowest BCUT2D eigenvalue weighted by atomic mass is 10.1. The number of nitrogens with one attached hydrogen (secondary N) is 1. The molecule has 0 bridgehead atoms. The summed E-state index contributed by atoms with van der Waals surface area (Å²) >= 11 is 0. The molecule has 1 N–H and O–H groups in total. The van der Waals surface area contributed by atoms with Crippen molar-refractivity contribution in [2.24, 2.45) is 0 Å². The van der Waals surface area contributed by atoms with E-state index in [4.69, 9.17) is 5.26 Å². The monoisotopic (exact) mass is 213 g/mol. The highest BCUT2D eigenvalue weighted by Gasteiger charge is 2.10. The van der Waals surface area contributed by atoms with Crippen LogP contribution in [0.5, 0.6) is 0 Å². The first kappa shape index (κ1) is 10.2. The Hall–Kier alpha value is -2.35. The Morgan fingerprint density at radius 3 is 2.56 bits per heavy atom. The van der Waals surface area contributed by atoms with Gasteiger partial charge < -0.3 is 0 Å². The molecule has 80 valence electrons. The van der Waals surface area contributed by atoms with Crippen molar-refractivity contribution >= 4 is 5.82 Å². The highest BCUT2D eigenvalue weighted by Crippen LogP contribution is 2.16. The van der Waals surface area contributed by atoms with E-state index in [1.807, 2.05) is 38.4 Å². The van der Waals surface area contributed by atoms with Crippen molar-refractivity contribution in [3.05, 3.63) is 41.3 Å². The van der Waals surface area contributed by atoms with Gasteiger partial charge in [0.25, 0.3) is 0 Å². The predicted octanol–water partition coefficient (Wildman–Crippen LogP) is 1.64. The van der Waals surface area contributed by atoms with Crippen molar-refractivity contribution in [1.82, 2.24) is 14.9 Å². The van der Waals surface area contributed by atoms with E-state index in [-0.39, 0.29) is 0 Å². The van der Waals surface area contributed by atoms with Crippen LogP contribution in [-0.4, -0.2) is 14.9 Å². The van der Waals surface area contributed by atoms with Crippen LogP contribution in [0.3, 0.4) is 0 Å². The van der Waals surface area contributed by atoms with Crippen LogP contribution in [0.25, 0.3) is 0 Å². The molecule has 0 unspecified atom stereocenters. The number of aryl methyl sites for hydroxylation is 1. The highest BCUT2D eigenvalue weighted by atomic mass is 15.4. The lowest BCUT2D eigenvalue weighted by Crippen LogP contribution is -2.11. The van der Waals surface area contributed by atoms with Gasteiger partial charge in [0.1, 0.15) is 11.6 Å². The van der Waals surface area contributed by atoms with Crippen molar-refractivity contribution in [1.29, 1.82) is 5.26 Å². The molecule has 0 amide bonds. The van der Waals surface area contributed by atoms with Crippen molar-refractivity contribution in [3.63, 3.8) is 0 Å². The van der Waals surface area contributed by atoms with Crippen molar-refractivity contribution in [2.75, 3.05) is 5.43 Å². The lowest BCUT2D eigenvalue weighted by molar-refractivity contribution is 0.894. The molecule has 0 atom stereocenters. The van der Waals surface area contributed by atoms with Gasteiger partial charge in [-0.2, -0.15) is 10.4 Å². The molecule has 2 aromatic rings. The minimum absolute atomic E-state index is 0.474. The van der Waals surface area contributed by atoms with Crippen LogP contribution in [-0.2, 0) is 0 Å². The third-order valence-electron chi connectivity index (χ3n) is 2.41. The van der Waals surface area contributed by atoms with Gasteiger partial charge in [-0.25, -0.2) is 0 Å². The number of aromatic nitrogens is 3. The molecule has 0 aliphatic rings. The Bertz CT molecular complexity index is 536. The maximum absolute atomic E-state index is 9.09. The van der Waals surface area contributed by atoms with E-state index in [0.717, 1.165) is 11.3 Å². The van der Waals surface area contributed by atoms with Gasteiger partial charge in [-0.15, -0.1) is 5.10 Å². The number of rotatable bonds is 2. The molecule has 0 radical (unpaired) electrons. The van der Waals surface area contributed by atoms with Gasteiger partial charge in [0.15, 0.2) is 5.82 Å². The maximum Gasteiger partial charge on any atom is 0.185 e. The van der Waals surface area contributed by atoms with Gasteiger partial charge in [0.2, 0.25) is 0 Å². The van der Waals surface area contributed by atoms with Gasteiger partial charge >= 0.3 is 0 Å². The number of hydrogen-bond donors (Lipinski definition) is 1. The molecule has 2 aromatic heterocycles. The summed E-state index contributed by atoms with van der Waals surface area (Å²) in [6.07, 6.45) is 3.66. The molecule has 0 aliphatic heterocycles. The number of hydrogen-bond acceptors (Lipinski definition) is 4. The summed E-state index contributed by atoms with van der Waals surface area (Å²) in [7, 11) is 0. The third kappa shape index (κ3) is 1.73. The summed E-state index contributed by atoms with van der Waals surface area (Å²) in [5.41, 5.74) is 5.15. The average molecular weight is 213 g/mol. The highest BCUT2D eigenvalue weighted by molar-refractivity contribution is 5.55. The topological polar surface area (TPSA) is 66.5 Å². The van der Waals surface area contributed by atoms with Gasteiger partial charge in [0, 0.05) is 12.4 Å². The quantitative estimate of drug-likeness (QED) is 0.823. The van der Waals surface area contributed by atoms with Crippen molar-refractivity contribution in [3.8, 4) is 6.07 Å². The van der Waals surface area contributed by atoms with E-state index in [2.05, 4.69) is 21.7 Å². The molecule has 5 nitrogen and oxygen atoms in total. The zero-order valence-corrected chi connectivity index (χ0v) is 9.10. The number of nitrogens with zero attached hydrogens (tertiary/aromatic N) is 4. The molecule has 0 spiro atoms. The summed E-state index contributed by atoms with van der Waals surface area (Å²) in [6, 6.07) is 5.90. The summed E-state index contributed by atoms with van der Waals surface area (Å²) < 4.78 is 1.72. The van der Waals surface area contributed by atoms with E-state index in [1.165, 1.54) is 0 Å². The summed E-state index contributed by atoms with van der Waals surface area (Å²) in [6.45, 7) is 3.70. The second-order valence-corrected chi connectivity index (χ2v) is 3.45. The van der Waals surface area contributed by atoms with E-state index in [1.54, 1.807) is 4.68 Å². The first-order chi connectivity index (χ1) is 7.72. The first-order valence-electron chi connectivity index (χ1n) is 4.86. The molecule has 0 aromatic carbocycles. The normalized spacial score (nSPS) is 9.81. The van der Waals surface area contributed by atoms with Crippen LogP contribution >= 0.6 is 0 Å². The van der Waals surface area contributed by atoms with Gasteiger partial charge in [0.05, 0.1) is 5.69 Å². The van der Waals surface area contributed by atoms with Crippen molar-refractivity contribution < 1.29 is 0 Å². The van der Waals surface area contributed by atoms with Crippen LogP contribution < -0.4 is 5.43 Å². The molecule has 0 saturated carbocycles. The zero-order chi connectivity index (χ0) is 11.5. The van der Waals surface area contributed by atoms with E-state index < -0.39 is 0 Å². The summed E-state index contributed by atoms with van der Waals surface area (Å²) in [5.74, 6) is 0.474. The van der Waals surface area contributed by atoms with Gasteiger partial charge in [-0.05, 0) is 31.5 Å². The Morgan fingerprint density at radius 2 is 1.94 bits per heavy atom. The van der Waals surface area contributed by atoms with Gasteiger partial charge in [-0.3, -0.25) is 10.1 Å². The maximum atomic E-state index is 9.09. The molecular formula is C11H11N5.